The third-order valence-electron chi connectivity index (χ3n) is 3.75. The van der Waals surface area contributed by atoms with E-state index in [2.05, 4.69) is 9.97 Å². The summed E-state index contributed by atoms with van der Waals surface area (Å²) in [7, 11) is 0. The van der Waals surface area contributed by atoms with Crippen molar-refractivity contribution in [2.45, 2.75) is 13.8 Å². The van der Waals surface area contributed by atoms with Gasteiger partial charge in [0.1, 0.15) is 0 Å². The first-order chi connectivity index (χ1) is 11.5. The summed E-state index contributed by atoms with van der Waals surface area (Å²) in [6.45, 7) is 5.82. The van der Waals surface area contributed by atoms with Crippen LogP contribution in [0, 0.1) is 13.8 Å². The van der Waals surface area contributed by atoms with E-state index < -0.39 is 0 Å². The number of carbonyl (C=O) groups is 1. The molecule has 1 saturated heterocycles. The van der Waals surface area contributed by atoms with Gasteiger partial charge in [0.05, 0.1) is 13.2 Å². The van der Waals surface area contributed by atoms with Crippen molar-refractivity contribution in [3.63, 3.8) is 0 Å². The number of halogens is 1. The van der Waals surface area contributed by atoms with Crippen molar-refractivity contribution in [1.82, 2.24) is 14.9 Å². The molecule has 0 saturated carbocycles. The third-order valence-corrected chi connectivity index (χ3v) is 4.01. The van der Waals surface area contributed by atoms with Crippen molar-refractivity contribution >= 4 is 23.5 Å². The number of rotatable bonds is 2. The Kier molecular flexibility index (Phi) is 4.97. The molecule has 1 aromatic carbocycles. The Labute approximate surface area is 146 Å². The molecule has 0 radical (unpaired) electrons. The highest BCUT2D eigenvalue weighted by atomic mass is 35.5. The van der Waals surface area contributed by atoms with Gasteiger partial charge in [-0.25, -0.2) is 15.0 Å². The van der Waals surface area contributed by atoms with Gasteiger partial charge < -0.3 is 4.90 Å². The molecule has 0 atom stereocenters. The van der Waals surface area contributed by atoms with Crippen molar-refractivity contribution < 1.29 is 9.63 Å². The molecule has 1 aromatic heterocycles. The van der Waals surface area contributed by atoms with E-state index >= 15 is 0 Å². The van der Waals surface area contributed by atoms with Crippen molar-refractivity contribution in [2.75, 3.05) is 31.3 Å². The average Bonchev–Trinajstić information content (AvgIpc) is 2.80. The van der Waals surface area contributed by atoms with E-state index in [1.807, 2.05) is 19.9 Å². The SMILES string of the molecule is Cc1cc(C)nc(N2CCN(C(=O)c3ccc(Cl)cc3)CCO2)n1. The van der Waals surface area contributed by atoms with Crippen LogP contribution < -0.4 is 5.06 Å². The average molecular weight is 347 g/mol. The summed E-state index contributed by atoms with van der Waals surface area (Å²) >= 11 is 5.88. The highest BCUT2D eigenvalue weighted by Crippen LogP contribution is 2.15. The van der Waals surface area contributed by atoms with Gasteiger partial charge in [-0.05, 0) is 44.2 Å². The second-order valence-electron chi connectivity index (χ2n) is 5.69. The third kappa shape index (κ3) is 3.83. The van der Waals surface area contributed by atoms with Crippen LogP contribution in [-0.2, 0) is 4.84 Å². The van der Waals surface area contributed by atoms with Gasteiger partial charge in [-0.15, -0.1) is 0 Å². The fraction of sp³-hybridized carbons (Fsp3) is 0.353. The Balaban J connectivity index is 1.70. The Morgan fingerprint density at radius 3 is 2.42 bits per heavy atom. The summed E-state index contributed by atoms with van der Waals surface area (Å²) < 4.78 is 0. The van der Waals surface area contributed by atoms with E-state index in [0.29, 0.717) is 42.8 Å². The van der Waals surface area contributed by atoms with Crippen LogP contribution in [0.4, 0.5) is 5.95 Å². The van der Waals surface area contributed by atoms with Crippen LogP contribution in [0.15, 0.2) is 30.3 Å². The second-order valence-corrected chi connectivity index (χ2v) is 6.12. The maximum Gasteiger partial charge on any atom is 0.253 e. The molecular weight excluding hydrogens is 328 g/mol. The first kappa shape index (κ1) is 16.7. The van der Waals surface area contributed by atoms with Crippen molar-refractivity contribution in [1.29, 1.82) is 0 Å². The van der Waals surface area contributed by atoms with Gasteiger partial charge in [0.25, 0.3) is 5.91 Å². The molecule has 0 aliphatic carbocycles. The number of aryl methyl sites for hydroxylation is 2. The zero-order valence-electron chi connectivity index (χ0n) is 13.7. The zero-order valence-corrected chi connectivity index (χ0v) is 14.5. The van der Waals surface area contributed by atoms with Crippen molar-refractivity contribution in [2.24, 2.45) is 0 Å². The monoisotopic (exact) mass is 346 g/mol. The molecule has 3 rings (SSSR count). The van der Waals surface area contributed by atoms with E-state index in [0.717, 1.165) is 11.4 Å². The van der Waals surface area contributed by atoms with Gasteiger partial charge in [0.2, 0.25) is 5.95 Å². The number of hydrogen-bond donors (Lipinski definition) is 0. The van der Waals surface area contributed by atoms with Crippen molar-refractivity contribution in [3.8, 4) is 0 Å². The molecule has 1 amide bonds. The Bertz CT molecular complexity index is 716. The molecular formula is C17H19ClN4O2. The van der Waals surface area contributed by atoms with Crippen LogP contribution in [0.3, 0.4) is 0 Å². The fourth-order valence-corrected chi connectivity index (χ4v) is 2.73. The first-order valence-corrected chi connectivity index (χ1v) is 8.18. The molecule has 6 nitrogen and oxygen atoms in total. The topological polar surface area (TPSA) is 58.6 Å². The van der Waals surface area contributed by atoms with Gasteiger partial charge in [-0.3, -0.25) is 9.63 Å². The number of benzene rings is 1. The van der Waals surface area contributed by atoms with Gasteiger partial charge in [-0.1, -0.05) is 11.6 Å². The minimum Gasteiger partial charge on any atom is -0.334 e. The van der Waals surface area contributed by atoms with E-state index in [9.17, 15) is 4.79 Å². The Hall–Kier alpha value is -2.18. The maximum atomic E-state index is 12.6. The van der Waals surface area contributed by atoms with Crippen LogP contribution in [0.5, 0.6) is 0 Å². The van der Waals surface area contributed by atoms with Crippen LogP contribution >= 0.6 is 11.6 Å². The molecule has 0 N–H and O–H groups in total. The standard InChI is InChI=1S/C17H19ClN4O2/c1-12-11-13(2)20-17(19-12)22-8-7-21(9-10-24-22)16(23)14-3-5-15(18)6-4-14/h3-6,11H,7-10H2,1-2H3. The number of hydrogen-bond acceptors (Lipinski definition) is 5. The lowest BCUT2D eigenvalue weighted by Gasteiger charge is -2.21. The van der Waals surface area contributed by atoms with Crippen LogP contribution in [0.1, 0.15) is 21.7 Å². The fourth-order valence-electron chi connectivity index (χ4n) is 2.60. The maximum absolute atomic E-state index is 12.6. The predicted molar refractivity (Wildman–Crippen MR) is 92.2 cm³/mol. The molecule has 0 unspecified atom stereocenters. The lowest BCUT2D eigenvalue weighted by molar-refractivity contribution is 0.0729. The molecule has 2 heterocycles. The smallest absolute Gasteiger partial charge is 0.253 e. The molecule has 126 valence electrons. The molecule has 24 heavy (non-hydrogen) atoms. The number of amides is 1. The van der Waals surface area contributed by atoms with Crippen LogP contribution in [-0.4, -0.2) is 47.0 Å². The van der Waals surface area contributed by atoms with Crippen LogP contribution in [0.25, 0.3) is 0 Å². The number of aromatic nitrogens is 2. The summed E-state index contributed by atoms with van der Waals surface area (Å²) in [6, 6.07) is 8.83. The minimum absolute atomic E-state index is 0.0292. The van der Waals surface area contributed by atoms with Gasteiger partial charge in [0, 0.05) is 35.1 Å². The van der Waals surface area contributed by atoms with Crippen molar-refractivity contribution in [3.05, 3.63) is 52.3 Å². The quantitative estimate of drug-likeness (QED) is 0.836. The highest BCUT2D eigenvalue weighted by molar-refractivity contribution is 6.30. The number of nitrogens with zero attached hydrogens (tertiary/aromatic N) is 4. The summed E-state index contributed by atoms with van der Waals surface area (Å²) in [5, 5.41) is 2.28. The van der Waals surface area contributed by atoms with E-state index in [1.54, 1.807) is 34.2 Å². The minimum atomic E-state index is -0.0292. The lowest BCUT2D eigenvalue weighted by atomic mass is 10.2. The molecule has 1 aliphatic rings. The Morgan fingerprint density at radius 1 is 1.08 bits per heavy atom. The Morgan fingerprint density at radius 2 is 1.75 bits per heavy atom. The molecule has 1 aliphatic heterocycles. The van der Waals surface area contributed by atoms with Gasteiger partial charge in [-0.2, -0.15) is 0 Å². The first-order valence-electron chi connectivity index (χ1n) is 7.80. The largest absolute Gasteiger partial charge is 0.334 e. The number of anilines is 1. The molecule has 7 heteroatoms. The molecule has 2 aromatic rings. The summed E-state index contributed by atoms with van der Waals surface area (Å²) in [6.07, 6.45) is 0. The predicted octanol–water partition coefficient (Wildman–Crippen LogP) is 2.64. The van der Waals surface area contributed by atoms with E-state index in [4.69, 9.17) is 16.4 Å². The summed E-state index contributed by atoms with van der Waals surface area (Å²) in [5.74, 6) is 0.506. The highest BCUT2D eigenvalue weighted by Gasteiger charge is 2.22. The molecule has 0 spiro atoms. The second kappa shape index (κ2) is 7.15. The van der Waals surface area contributed by atoms with Gasteiger partial charge in [0.15, 0.2) is 0 Å². The van der Waals surface area contributed by atoms with Crippen LogP contribution in [0.2, 0.25) is 5.02 Å². The normalized spacial score (nSPS) is 15.3. The summed E-state index contributed by atoms with van der Waals surface area (Å²) in [4.78, 5) is 28.9. The zero-order chi connectivity index (χ0) is 17.1. The lowest BCUT2D eigenvalue weighted by Crippen LogP contribution is -2.35. The summed E-state index contributed by atoms with van der Waals surface area (Å²) in [5.41, 5.74) is 2.40. The number of hydroxylamine groups is 1. The van der Waals surface area contributed by atoms with E-state index in [1.165, 1.54) is 0 Å². The van der Waals surface area contributed by atoms with E-state index in [-0.39, 0.29) is 5.91 Å². The number of carbonyl (C=O) groups excluding carboxylic acids is 1. The molecule has 0 bridgehead atoms. The van der Waals surface area contributed by atoms with Gasteiger partial charge >= 0.3 is 0 Å². The molecule has 1 fully saturated rings.